The van der Waals surface area contributed by atoms with Gasteiger partial charge in [0.25, 0.3) is 0 Å². The van der Waals surface area contributed by atoms with Crippen molar-refractivity contribution in [3.05, 3.63) is 35.9 Å². The van der Waals surface area contributed by atoms with Crippen molar-refractivity contribution in [2.75, 3.05) is 27.4 Å². The standard InChI is InChI=1S/C23H36NO10P/c1-22(2)30-13-16(32-22)18-19-20(34-23(3,4)33-19)21(31-18)24(25)17(35(26,27-5)28-6)14-29-12-15-10-8-7-9-11-15/h7-11,16-21,25H,12-14H2,1-6H3/t16?,17-,18+,19-,20-,21-/m0/s1. The van der Waals surface area contributed by atoms with Gasteiger partial charge in [0, 0.05) is 14.2 Å². The van der Waals surface area contributed by atoms with Gasteiger partial charge in [-0.15, -0.1) is 5.06 Å². The predicted molar refractivity (Wildman–Crippen MR) is 123 cm³/mol. The van der Waals surface area contributed by atoms with Gasteiger partial charge in [-0.25, -0.2) is 0 Å². The van der Waals surface area contributed by atoms with Gasteiger partial charge in [0.2, 0.25) is 0 Å². The summed E-state index contributed by atoms with van der Waals surface area (Å²) in [6.45, 7) is 7.58. The molecule has 1 N–H and O–H groups in total. The van der Waals surface area contributed by atoms with Crippen molar-refractivity contribution in [1.29, 1.82) is 0 Å². The largest absolute Gasteiger partial charge is 0.374 e. The Hall–Kier alpha value is -0.950. The molecule has 1 aromatic rings. The molecule has 3 saturated heterocycles. The highest BCUT2D eigenvalue weighted by molar-refractivity contribution is 7.54. The van der Waals surface area contributed by atoms with Crippen LogP contribution in [0.2, 0.25) is 0 Å². The Labute approximate surface area is 205 Å². The molecule has 0 bridgehead atoms. The highest BCUT2D eigenvalue weighted by atomic mass is 31.2. The van der Waals surface area contributed by atoms with Gasteiger partial charge in [-0.1, -0.05) is 30.3 Å². The molecule has 1 unspecified atom stereocenters. The maximum Gasteiger partial charge on any atom is 0.351 e. The predicted octanol–water partition coefficient (Wildman–Crippen LogP) is 3.10. The summed E-state index contributed by atoms with van der Waals surface area (Å²) in [7, 11) is -1.32. The van der Waals surface area contributed by atoms with E-state index in [9.17, 15) is 9.77 Å². The zero-order chi connectivity index (χ0) is 25.4. The second kappa shape index (κ2) is 10.4. The topological polar surface area (TPSA) is 114 Å². The molecule has 4 rings (SSSR count). The lowest BCUT2D eigenvalue weighted by Crippen LogP contribution is -2.49. The van der Waals surface area contributed by atoms with Crippen LogP contribution in [-0.4, -0.2) is 85.7 Å². The monoisotopic (exact) mass is 517 g/mol. The van der Waals surface area contributed by atoms with Crippen LogP contribution in [0.5, 0.6) is 0 Å². The molecule has 3 heterocycles. The van der Waals surface area contributed by atoms with E-state index in [0.29, 0.717) is 6.61 Å². The van der Waals surface area contributed by atoms with E-state index in [2.05, 4.69) is 0 Å². The maximum absolute atomic E-state index is 13.4. The van der Waals surface area contributed by atoms with Crippen molar-refractivity contribution < 1.29 is 47.2 Å². The lowest BCUT2D eigenvalue weighted by Gasteiger charge is -2.35. The number of hydroxylamine groups is 2. The van der Waals surface area contributed by atoms with Gasteiger partial charge >= 0.3 is 7.60 Å². The van der Waals surface area contributed by atoms with Gasteiger partial charge in [-0.05, 0) is 33.3 Å². The van der Waals surface area contributed by atoms with Crippen molar-refractivity contribution in [2.45, 2.75) is 82.3 Å². The van der Waals surface area contributed by atoms with Gasteiger partial charge in [0.1, 0.15) is 24.4 Å². The van der Waals surface area contributed by atoms with E-state index >= 15 is 0 Å². The molecule has 6 atom stereocenters. The SMILES string of the molecule is COP(=O)(OC)[C@@H](COCc1ccccc1)N(O)[C@H]1O[C@H](C2COC(C)(C)O2)[C@@H]2OC(C)(C)O[C@@H]21. The van der Waals surface area contributed by atoms with Crippen LogP contribution in [0.15, 0.2) is 30.3 Å². The second-order valence-corrected chi connectivity index (χ2v) is 12.1. The summed E-state index contributed by atoms with van der Waals surface area (Å²) in [6.07, 6.45) is -3.35. The third kappa shape index (κ3) is 5.81. The molecule has 0 radical (unpaired) electrons. The van der Waals surface area contributed by atoms with Crippen molar-refractivity contribution in [1.82, 2.24) is 5.06 Å². The Balaban J connectivity index is 1.54. The van der Waals surface area contributed by atoms with E-state index in [1.165, 1.54) is 14.2 Å². The average molecular weight is 518 g/mol. The Bertz CT molecular complexity index is 892. The zero-order valence-corrected chi connectivity index (χ0v) is 21.9. The van der Waals surface area contributed by atoms with E-state index in [1.54, 1.807) is 13.8 Å². The summed E-state index contributed by atoms with van der Waals surface area (Å²) in [6, 6.07) is 9.51. The summed E-state index contributed by atoms with van der Waals surface area (Å²) in [5.74, 6) is -2.89. The first-order valence-electron chi connectivity index (χ1n) is 11.6. The van der Waals surface area contributed by atoms with Crippen LogP contribution in [0.25, 0.3) is 0 Å². The Morgan fingerprint density at radius 1 is 1.03 bits per heavy atom. The summed E-state index contributed by atoms with van der Waals surface area (Å²) < 4.78 is 59.8. The van der Waals surface area contributed by atoms with E-state index in [-0.39, 0.29) is 13.2 Å². The molecule has 198 valence electrons. The molecule has 3 fully saturated rings. The Morgan fingerprint density at radius 2 is 1.69 bits per heavy atom. The van der Waals surface area contributed by atoms with Crippen molar-refractivity contribution >= 4 is 7.60 Å². The highest BCUT2D eigenvalue weighted by Gasteiger charge is 2.62. The van der Waals surface area contributed by atoms with Gasteiger partial charge in [-0.2, -0.15) is 0 Å². The van der Waals surface area contributed by atoms with Crippen LogP contribution in [0.3, 0.4) is 0 Å². The normalized spacial score (nSPS) is 32.7. The van der Waals surface area contributed by atoms with Crippen LogP contribution in [-0.2, 0) is 48.6 Å². The second-order valence-electron chi connectivity index (χ2n) is 9.69. The summed E-state index contributed by atoms with van der Waals surface area (Å²) in [4.78, 5) is 0. The number of nitrogens with zero attached hydrogens (tertiary/aromatic N) is 1. The molecular formula is C23H36NO10P. The number of rotatable bonds is 10. The number of benzene rings is 1. The molecule has 1 aromatic carbocycles. The summed E-state index contributed by atoms with van der Waals surface area (Å²) in [5.41, 5.74) is 0.924. The third-order valence-electron chi connectivity index (χ3n) is 6.28. The van der Waals surface area contributed by atoms with E-state index < -0.39 is 55.6 Å². The number of ether oxygens (including phenoxy) is 6. The molecule has 0 amide bonds. The quantitative estimate of drug-likeness (QED) is 0.365. The van der Waals surface area contributed by atoms with Gasteiger partial charge in [0.05, 0.1) is 19.8 Å². The van der Waals surface area contributed by atoms with Crippen molar-refractivity contribution in [2.24, 2.45) is 0 Å². The zero-order valence-electron chi connectivity index (χ0n) is 21.0. The molecule has 0 saturated carbocycles. The van der Waals surface area contributed by atoms with E-state index in [1.807, 2.05) is 44.2 Å². The highest BCUT2D eigenvalue weighted by Crippen LogP contribution is 2.54. The van der Waals surface area contributed by atoms with Gasteiger partial charge in [-0.3, -0.25) is 4.57 Å². The minimum Gasteiger partial charge on any atom is -0.374 e. The number of fused-ring (bicyclic) bond motifs is 1. The Morgan fingerprint density at radius 3 is 2.29 bits per heavy atom. The molecule has 12 heteroatoms. The minimum atomic E-state index is -3.84. The molecule has 3 aliphatic heterocycles. The molecule has 11 nitrogen and oxygen atoms in total. The summed E-state index contributed by atoms with van der Waals surface area (Å²) >= 11 is 0. The molecule has 0 aromatic heterocycles. The first kappa shape index (κ1) is 27.1. The fourth-order valence-corrected chi connectivity index (χ4v) is 6.00. The fraction of sp³-hybridized carbons (Fsp3) is 0.739. The fourth-order valence-electron chi connectivity index (χ4n) is 4.65. The van der Waals surface area contributed by atoms with Crippen LogP contribution in [0.4, 0.5) is 0 Å². The van der Waals surface area contributed by atoms with Crippen molar-refractivity contribution in [3.8, 4) is 0 Å². The lowest BCUT2D eigenvalue weighted by atomic mass is 10.1. The molecule has 35 heavy (non-hydrogen) atoms. The van der Waals surface area contributed by atoms with Crippen LogP contribution in [0.1, 0.15) is 33.3 Å². The van der Waals surface area contributed by atoms with E-state index in [0.717, 1.165) is 10.6 Å². The molecule has 0 spiro atoms. The van der Waals surface area contributed by atoms with E-state index in [4.69, 9.17) is 37.5 Å². The molecule has 3 aliphatic rings. The van der Waals surface area contributed by atoms with Gasteiger partial charge < -0.3 is 42.7 Å². The smallest absolute Gasteiger partial charge is 0.351 e. The Kier molecular flexibility index (Phi) is 8.07. The minimum absolute atomic E-state index is 0.160. The average Bonchev–Trinajstić information content (AvgIpc) is 3.45. The number of hydrogen-bond donors (Lipinski definition) is 1. The summed E-state index contributed by atoms with van der Waals surface area (Å²) in [5, 5.41) is 12.2. The maximum atomic E-state index is 13.4. The van der Waals surface area contributed by atoms with Crippen LogP contribution < -0.4 is 0 Å². The number of hydrogen-bond acceptors (Lipinski definition) is 11. The van der Waals surface area contributed by atoms with Crippen LogP contribution in [0, 0.1) is 0 Å². The third-order valence-corrected chi connectivity index (χ3v) is 8.41. The van der Waals surface area contributed by atoms with Gasteiger partial charge in [0.15, 0.2) is 23.6 Å². The first-order valence-corrected chi connectivity index (χ1v) is 13.2. The van der Waals surface area contributed by atoms with Crippen LogP contribution >= 0.6 is 7.60 Å². The lowest BCUT2D eigenvalue weighted by molar-refractivity contribution is -0.279. The molecule has 0 aliphatic carbocycles. The van der Waals surface area contributed by atoms with Crippen molar-refractivity contribution in [3.63, 3.8) is 0 Å². The molecular weight excluding hydrogens is 481 g/mol. The first-order chi connectivity index (χ1) is 16.5.